The molecule has 0 rings (SSSR count). The predicted molar refractivity (Wildman–Crippen MR) is 38.5 cm³/mol. The second kappa shape index (κ2) is 5.20. The predicted octanol–water partition coefficient (Wildman–Crippen LogP) is -0.904. The summed E-state index contributed by atoms with van der Waals surface area (Å²) in [4.78, 5) is 10.6. The Kier molecular flexibility index (Phi) is 4.88. The summed E-state index contributed by atoms with van der Waals surface area (Å²) < 4.78 is 4.72. The van der Waals surface area contributed by atoms with Gasteiger partial charge in [-0.3, -0.25) is 4.79 Å². The van der Waals surface area contributed by atoms with E-state index in [0.717, 1.165) is 0 Å². The van der Waals surface area contributed by atoms with Crippen molar-refractivity contribution in [3.63, 3.8) is 0 Å². The molecule has 0 aromatic heterocycles. The van der Waals surface area contributed by atoms with Gasteiger partial charge in [0, 0.05) is 6.54 Å². The van der Waals surface area contributed by atoms with E-state index >= 15 is 0 Å². The van der Waals surface area contributed by atoms with Crippen LogP contribution in [-0.4, -0.2) is 32.2 Å². The van der Waals surface area contributed by atoms with E-state index in [1.807, 2.05) is 0 Å². The molecule has 1 atom stereocenters. The molecule has 1 unspecified atom stereocenters. The highest BCUT2D eigenvalue weighted by atomic mass is 16.5. The van der Waals surface area contributed by atoms with Crippen LogP contribution in [0.25, 0.3) is 0 Å². The molecule has 0 amide bonds. The third kappa shape index (κ3) is 4.29. The van der Waals surface area contributed by atoms with Crippen LogP contribution >= 0.6 is 0 Å². The molecule has 0 aromatic rings. The SMILES string of the molecule is CNCCOC(=O)C(C)N. The molecular formula is C6H14N2O2. The van der Waals surface area contributed by atoms with E-state index in [2.05, 4.69) is 5.32 Å². The molecule has 0 fully saturated rings. The van der Waals surface area contributed by atoms with Crippen LogP contribution in [0.15, 0.2) is 0 Å². The van der Waals surface area contributed by atoms with Crippen LogP contribution < -0.4 is 11.1 Å². The number of nitrogens with two attached hydrogens (primary N) is 1. The maximum atomic E-state index is 10.6. The van der Waals surface area contributed by atoms with Gasteiger partial charge in [0.2, 0.25) is 0 Å². The summed E-state index contributed by atoms with van der Waals surface area (Å²) in [5, 5.41) is 2.84. The number of carbonyl (C=O) groups excluding carboxylic acids is 1. The molecule has 10 heavy (non-hydrogen) atoms. The monoisotopic (exact) mass is 146 g/mol. The Morgan fingerprint density at radius 3 is 2.80 bits per heavy atom. The van der Waals surface area contributed by atoms with Crippen LogP contribution in [0.3, 0.4) is 0 Å². The molecule has 0 bridgehead atoms. The average molecular weight is 146 g/mol. The number of ether oxygens (including phenoxy) is 1. The minimum absolute atomic E-state index is 0.352. The van der Waals surface area contributed by atoms with Crippen LogP contribution in [0.5, 0.6) is 0 Å². The van der Waals surface area contributed by atoms with Gasteiger partial charge in [0.1, 0.15) is 12.6 Å². The fourth-order valence-corrected chi connectivity index (χ4v) is 0.385. The van der Waals surface area contributed by atoms with Gasteiger partial charge in [0.15, 0.2) is 0 Å². The summed E-state index contributed by atoms with van der Waals surface area (Å²) in [5.41, 5.74) is 5.22. The van der Waals surface area contributed by atoms with Gasteiger partial charge in [-0.25, -0.2) is 0 Å². The summed E-state index contributed by atoms with van der Waals surface area (Å²) in [7, 11) is 1.79. The minimum atomic E-state index is -0.517. The summed E-state index contributed by atoms with van der Waals surface area (Å²) in [5.74, 6) is -0.352. The normalized spacial score (nSPS) is 12.7. The number of nitrogens with one attached hydrogen (secondary N) is 1. The van der Waals surface area contributed by atoms with Crippen molar-refractivity contribution in [2.24, 2.45) is 5.73 Å². The Bertz CT molecular complexity index is 104. The lowest BCUT2D eigenvalue weighted by Gasteiger charge is -2.05. The van der Waals surface area contributed by atoms with Crippen LogP contribution in [-0.2, 0) is 9.53 Å². The Labute approximate surface area is 60.7 Å². The van der Waals surface area contributed by atoms with Crippen molar-refractivity contribution < 1.29 is 9.53 Å². The van der Waals surface area contributed by atoms with Crippen molar-refractivity contribution >= 4 is 5.97 Å². The Balaban J connectivity index is 3.22. The van der Waals surface area contributed by atoms with Crippen LogP contribution in [0.4, 0.5) is 0 Å². The van der Waals surface area contributed by atoms with Crippen LogP contribution in [0.2, 0.25) is 0 Å². The summed E-state index contributed by atoms with van der Waals surface area (Å²) in [6, 6.07) is -0.517. The van der Waals surface area contributed by atoms with Gasteiger partial charge in [-0.05, 0) is 14.0 Å². The fraction of sp³-hybridized carbons (Fsp3) is 0.833. The largest absolute Gasteiger partial charge is 0.463 e. The third-order valence-corrected chi connectivity index (χ3v) is 0.968. The zero-order valence-electron chi connectivity index (χ0n) is 6.39. The maximum Gasteiger partial charge on any atom is 0.322 e. The van der Waals surface area contributed by atoms with E-state index in [-0.39, 0.29) is 5.97 Å². The molecule has 4 heteroatoms. The average Bonchev–Trinajstić information content (AvgIpc) is 1.88. The number of rotatable bonds is 4. The fourth-order valence-electron chi connectivity index (χ4n) is 0.385. The molecule has 0 radical (unpaired) electrons. The standard InChI is InChI=1S/C6H14N2O2/c1-5(7)6(9)10-4-3-8-2/h5,8H,3-4,7H2,1-2H3. The lowest BCUT2D eigenvalue weighted by Crippen LogP contribution is -2.30. The summed E-state index contributed by atoms with van der Waals surface area (Å²) >= 11 is 0. The first-order valence-electron chi connectivity index (χ1n) is 3.25. The van der Waals surface area contributed by atoms with Gasteiger partial charge >= 0.3 is 5.97 Å². The Morgan fingerprint density at radius 1 is 1.80 bits per heavy atom. The van der Waals surface area contributed by atoms with Gasteiger partial charge in [0.05, 0.1) is 0 Å². The summed E-state index contributed by atoms with van der Waals surface area (Å²) in [6.07, 6.45) is 0. The maximum absolute atomic E-state index is 10.6. The van der Waals surface area contributed by atoms with Crippen LogP contribution in [0, 0.1) is 0 Å². The van der Waals surface area contributed by atoms with E-state index in [4.69, 9.17) is 10.5 Å². The Morgan fingerprint density at radius 2 is 2.40 bits per heavy atom. The first-order valence-corrected chi connectivity index (χ1v) is 3.25. The van der Waals surface area contributed by atoms with Crippen molar-refractivity contribution in [2.75, 3.05) is 20.2 Å². The first-order chi connectivity index (χ1) is 4.68. The molecule has 0 aliphatic heterocycles. The zero-order valence-corrected chi connectivity index (χ0v) is 6.39. The molecule has 3 N–H and O–H groups in total. The van der Waals surface area contributed by atoms with Crippen molar-refractivity contribution in [3.8, 4) is 0 Å². The quantitative estimate of drug-likeness (QED) is 0.398. The Hall–Kier alpha value is -0.610. The smallest absolute Gasteiger partial charge is 0.322 e. The molecular weight excluding hydrogens is 132 g/mol. The van der Waals surface area contributed by atoms with Gasteiger partial charge in [-0.15, -0.1) is 0 Å². The van der Waals surface area contributed by atoms with E-state index in [9.17, 15) is 4.79 Å². The first kappa shape index (κ1) is 9.39. The van der Waals surface area contributed by atoms with Crippen molar-refractivity contribution in [1.82, 2.24) is 5.32 Å². The topological polar surface area (TPSA) is 64.3 Å². The highest BCUT2D eigenvalue weighted by molar-refractivity contribution is 5.74. The van der Waals surface area contributed by atoms with Crippen LogP contribution in [0.1, 0.15) is 6.92 Å². The number of hydrogen-bond acceptors (Lipinski definition) is 4. The number of esters is 1. The second-order valence-electron chi connectivity index (χ2n) is 2.06. The molecule has 60 valence electrons. The van der Waals surface area contributed by atoms with E-state index in [0.29, 0.717) is 13.2 Å². The molecule has 0 aromatic carbocycles. The van der Waals surface area contributed by atoms with E-state index in [1.165, 1.54) is 0 Å². The van der Waals surface area contributed by atoms with Gasteiger partial charge in [0.25, 0.3) is 0 Å². The molecule has 4 nitrogen and oxygen atoms in total. The van der Waals surface area contributed by atoms with Crippen molar-refractivity contribution in [1.29, 1.82) is 0 Å². The number of hydrogen-bond donors (Lipinski definition) is 2. The van der Waals surface area contributed by atoms with Gasteiger partial charge < -0.3 is 15.8 Å². The number of carbonyl (C=O) groups is 1. The summed E-state index contributed by atoms with van der Waals surface area (Å²) in [6.45, 7) is 2.65. The molecule has 0 aliphatic carbocycles. The molecule has 0 aliphatic rings. The highest BCUT2D eigenvalue weighted by Gasteiger charge is 2.06. The van der Waals surface area contributed by atoms with E-state index < -0.39 is 6.04 Å². The van der Waals surface area contributed by atoms with Crippen molar-refractivity contribution in [2.45, 2.75) is 13.0 Å². The lowest BCUT2D eigenvalue weighted by molar-refractivity contribution is -0.144. The molecule has 0 saturated heterocycles. The minimum Gasteiger partial charge on any atom is -0.463 e. The van der Waals surface area contributed by atoms with E-state index in [1.54, 1.807) is 14.0 Å². The van der Waals surface area contributed by atoms with Gasteiger partial charge in [-0.1, -0.05) is 0 Å². The number of likely N-dealkylation sites (N-methyl/N-ethyl adjacent to an activating group) is 1. The molecule has 0 heterocycles. The lowest BCUT2D eigenvalue weighted by atomic mass is 10.4. The third-order valence-electron chi connectivity index (χ3n) is 0.968. The second-order valence-corrected chi connectivity index (χ2v) is 2.06. The van der Waals surface area contributed by atoms with Crippen molar-refractivity contribution in [3.05, 3.63) is 0 Å². The van der Waals surface area contributed by atoms with Gasteiger partial charge in [-0.2, -0.15) is 0 Å². The highest BCUT2D eigenvalue weighted by Crippen LogP contribution is 1.81. The molecule has 0 spiro atoms. The molecule has 0 saturated carbocycles. The zero-order chi connectivity index (χ0) is 7.98.